The minimum Gasteiger partial charge on any atom is -0.391 e. The van der Waals surface area contributed by atoms with Gasteiger partial charge in [-0.25, -0.2) is 0 Å². The summed E-state index contributed by atoms with van der Waals surface area (Å²) in [5.41, 5.74) is 6.93. The third kappa shape index (κ3) is 5.30. The van der Waals surface area contributed by atoms with Crippen LogP contribution in [0.5, 0.6) is 0 Å². The van der Waals surface area contributed by atoms with Crippen LogP contribution in [-0.4, -0.2) is 59.6 Å². The molecule has 2 rings (SSSR count). The van der Waals surface area contributed by atoms with Crippen molar-refractivity contribution in [1.82, 2.24) is 9.80 Å². The standard InChI is InChI=1S/C18H29N3O2/c1-18(2,3)16(22)13-21-9-7-20(8-10-21)12-14-5-4-6-15(11-14)17(19)23/h4-6,11,16,22H,7-10,12-13H2,1-3H3,(H2,19,23)/t16-/m1/s1. The van der Waals surface area contributed by atoms with Gasteiger partial charge in [-0.1, -0.05) is 32.9 Å². The van der Waals surface area contributed by atoms with Gasteiger partial charge in [0.25, 0.3) is 0 Å². The van der Waals surface area contributed by atoms with Crippen molar-refractivity contribution in [1.29, 1.82) is 0 Å². The number of carbonyl (C=O) groups excluding carboxylic acids is 1. The summed E-state index contributed by atoms with van der Waals surface area (Å²) < 4.78 is 0. The van der Waals surface area contributed by atoms with Gasteiger partial charge in [0, 0.05) is 44.8 Å². The molecule has 5 nitrogen and oxygen atoms in total. The second kappa shape index (κ2) is 7.43. The van der Waals surface area contributed by atoms with Crippen LogP contribution in [0.3, 0.4) is 0 Å². The number of rotatable bonds is 5. The molecule has 0 saturated carbocycles. The number of aliphatic hydroxyl groups excluding tert-OH is 1. The second-order valence-corrected chi connectivity index (χ2v) is 7.52. The van der Waals surface area contributed by atoms with Crippen molar-refractivity contribution in [3.63, 3.8) is 0 Å². The van der Waals surface area contributed by atoms with Gasteiger partial charge in [0.1, 0.15) is 0 Å². The fourth-order valence-corrected chi connectivity index (χ4v) is 2.73. The Hall–Kier alpha value is -1.43. The quantitative estimate of drug-likeness (QED) is 0.858. The number of hydrogen-bond donors (Lipinski definition) is 2. The highest BCUT2D eigenvalue weighted by Gasteiger charge is 2.26. The molecule has 1 fully saturated rings. The lowest BCUT2D eigenvalue weighted by Gasteiger charge is -2.38. The zero-order chi connectivity index (χ0) is 17.0. The molecule has 1 aliphatic heterocycles. The summed E-state index contributed by atoms with van der Waals surface area (Å²) in [4.78, 5) is 16.0. The van der Waals surface area contributed by atoms with E-state index in [9.17, 15) is 9.90 Å². The molecule has 3 N–H and O–H groups in total. The Morgan fingerprint density at radius 2 is 1.83 bits per heavy atom. The zero-order valence-electron chi connectivity index (χ0n) is 14.5. The summed E-state index contributed by atoms with van der Waals surface area (Å²) in [6, 6.07) is 7.53. The molecular formula is C18H29N3O2. The smallest absolute Gasteiger partial charge is 0.248 e. The maximum absolute atomic E-state index is 11.3. The number of primary amides is 1. The number of piperazine rings is 1. The van der Waals surface area contributed by atoms with Gasteiger partial charge >= 0.3 is 0 Å². The average Bonchev–Trinajstić information content (AvgIpc) is 2.48. The van der Waals surface area contributed by atoms with Crippen molar-refractivity contribution in [3.8, 4) is 0 Å². The van der Waals surface area contributed by atoms with Gasteiger partial charge in [-0.3, -0.25) is 14.6 Å². The fourth-order valence-electron chi connectivity index (χ4n) is 2.73. The number of nitrogens with zero attached hydrogens (tertiary/aromatic N) is 2. The molecular weight excluding hydrogens is 290 g/mol. The Labute approximate surface area is 139 Å². The van der Waals surface area contributed by atoms with Crippen LogP contribution in [0, 0.1) is 5.41 Å². The van der Waals surface area contributed by atoms with E-state index in [0.717, 1.165) is 44.8 Å². The molecule has 1 saturated heterocycles. The summed E-state index contributed by atoms with van der Waals surface area (Å²) in [6.07, 6.45) is -0.304. The van der Waals surface area contributed by atoms with Crippen molar-refractivity contribution >= 4 is 5.91 Å². The fraction of sp³-hybridized carbons (Fsp3) is 0.611. The number of β-amino-alcohol motifs (C(OH)–C–C–N with tert-alkyl or cyclic N) is 1. The van der Waals surface area contributed by atoms with Gasteiger partial charge in [0.05, 0.1) is 6.10 Å². The van der Waals surface area contributed by atoms with Gasteiger partial charge in [-0.15, -0.1) is 0 Å². The molecule has 23 heavy (non-hydrogen) atoms. The van der Waals surface area contributed by atoms with E-state index in [-0.39, 0.29) is 17.4 Å². The van der Waals surface area contributed by atoms with Crippen molar-refractivity contribution < 1.29 is 9.90 Å². The van der Waals surface area contributed by atoms with Gasteiger partial charge in [-0.05, 0) is 23.1 Å². The largest absolute Gasteiger partial charge is 0.391 e. The first-order chi connectivity index (χ1) is 10.8. The van der Waals surface area contributed by atoms with E-state index >= 15 is 0 Å². The first kappa shape index (κ1) is 17.9. The lowest BCUT2D eigenvalue weighted by atomic mass is 9.89. The summed E-state index contributed by atoms with van der Waals surface area (Å²) >= 11 is 0. The van der Waals surface area contributed by atoms with Gasteiger partial charge in [0.15, 0.2) is 0 Å². The van der Waals surface area contributed by atoms with Crippen LogP contribution in [0.1, 0.15) is 36.7 Å². The topological polar surface area (TPSA) is 69.8 Å². The Morgan fingerprint density at radius 1 is 1.22 bits per heavy atom. The van der Waals surface area contributed by atoms with Crippen LogP contribution in [-0.2, 0) is 6.54 Å². The average molecular weight is 319 g/mol. The predicted molar refractivity (Wildman–Crippen MR) is 92.1 cm³/mol. The highest BCUT2D eigenvalue weighted by atomic mass is 16.3. The SMILES string of the molecule is CC(C)(C)[C@H](O)CN1CCN(Cc2cccc(C(N)=O)c2)CC1. The molecule has 0 radical (unpaired) electrons. The molecule has 1 aromatic carbocycles. The van der Waals surface area contributed by atoms with Gasteiger partial charge in [-0.2, -0.15) is 0 Å². The van der Waals surface area contributed by atoms with E-state index in [2.05, 4.69) is 30.6 Å². The monoisotopic (exact) mass is 319 g/mol. The van der Waals surface area contributed by atoms with E-state index in [1.165, 1.54) is 0 Å². The molecule has 0 unspecified atom stereocenters. The molecule has 1 heterocycles. The van der Waals surface area contributed by atoms with Crippen molar-refractivity contribution in [3.05, 3.63) is 35.4 Å². The Morgan fingerprint density at radius 3 is 2.39 bits per heavy atom. The first-order valence-corrected chi connectivity index (χ1v) is 8.27. The molecule has 0 aromatic heterocycles. The minimum atomic E-state index is -0.382. The Balaban J connectivity index is 1.83. The van der Waals surface area contributed by atoms with Crippen LogP contribution in [0.2, 0.25) is 0 Å². The van der Waals surface area contributed by atoms with Crippen LogP contribution in [0.15, 0.2) is 24.3 Å². The zero-order valence-corrected chi connectivity index (χ0v) is 14.5. The number of benzene rings is 1. The van der Waals surface area contributed by atoms with E-state index in [1.54, 1.807) is 6.07 Å². The molecule has 128 valence electrons. The molecule has 0 spiro atoms. The summed E-state index contributed by atoms with van der Waals surface area (Å²) in [7, 11) is 0. The summed E-state index contributed by atoms with van der Waals surface area (Å²) in [6.45, 7) is 11.6. The van der Waals surface area contributed by atoms with Crippen LogP contribution >= 0.6 is 0 Å². The molecule has 1 aromatic rings. The van der Waals surface area contributed by atoms with E-state index in [1.807, 2.05) is 18.2 Å². The van der Waals surface area contributed by atoms with E-state index in [4.69, 9.17) is 5.73 Å². The van der Waals surface area contributed by atoms with Crippen molar-refractivity contribution in [2.75, 3.05) is 32.7 Å². The number of hydrogen-bond acceptors (Lipinski definition) is 4. The van der Waals surface area contributed by atoms with Crippen LogP contribution in [0.25, 0.3) is 0 Å². The highest BCUT2D eigenvalue weighted by Crippen LogP contribution is 2.20. The third-order valence-corrected chi connectivity index (χ3v) is 4.51. The van der Waals surface area contributed by atoms with Crippen LogP contribution < -0.4 is 5.73 Å². The highest BCUT2D eigenvalue weighted by molar-refractivity contribution is 5.92. The number of nitrogens with two attached hydrogens (primary N) is 1. The minimum absolute atomic E-state index is 0.0770. The van der Waals surface area contributed by atoms with E-state index < -0.39 is 0 Å². The van der Waals surface area contributed by atoms with Crippen LogP contribution in [0.4, 0.5) is 0 Å². The lowest BCUT2D eigenvalue weighted by molar-refractivity contribution is 0.0126. The van der Waals surface area contributed by atoms with Gasteiger partial charge < -0.3 is 10.8 Å². The predicted octanol–water partition coefficient (Wildman–Crippen LogP) is 1.31. The molecule has 1 atom stereocenters. The summed E-state index contributed by atoms with van der Waals surface area (Å²) in [5, 5.41) is 10.2. The first-order valence-electron chi connectivity index (χ1n) is 8.27. The molecule has 0 bridgehead atoms. The maximum Gasteiger partial charge on any atom is 0.248 e. The Kier molecular flexibility index (Phi) is 5.79. The third-order valence-electron chi connectivity index (χ3n) is 4.51. The molecule has 1 amide bonds. The normalized spacial score (nSPS) is 18.8. The number of carbonyl (C=O) groups is 1. The lowest BCUT2D eigenvalue weighted by Crippen LogP contribution is -2.49. The second-order valence-electron chi connectivity index (χ2n) is 7.52. The number of aliphatic hydroxyl groups is 1. The van der Waals surface area contributed by atoms with E-state index in [0.29, 0.717) is 5.56 Å². The molecule has 5 heteroatoms. The maximum atomic E-state index is 11.3. The summed E-state index contributed by atoms with van der Waals surface area (Å²) in [5.74, 6) is -0.382. The number of amides is 1. The van der Waals surface area contributed by atoms with Crippen molar-refractivity contribution in [2.45, 2.75) is 33.4 Å². The molecule has 1 aliphatic rings. The van der Waals surface area contributed by atoms with Crippen molar-refractivity contribution in [2.24, 2.45) is 11.1 Å². The van der Waals surface area contributed by atoms with Gasteiger partial charge in [0.2, 0.25) is 5.91 Å². The Bertz CT molecular complexity index is 531. The molecule has 0 aliphatic carbocycles.